The summed E-state index contributed by atoms with van der Waals surface area (Å²) in [5, 5.41) is 5.86. The minimum atomic E-state index is 0.213. The van der Waals surface area contributed by atoms with Gasteiger partial charge in [0.2, 0.25) is 0 Å². The second kappa shape index (κ2) is 5.31. The van der Waals surface area contributed by atoms with Crippen LogP contribution < -0.4 is 5.32 Å². The van der Waals surface area contributed by atoms with Crippen LogP contribution in [0.4, 0.5) is 0 Å². The molecule has 0 saturated heterocycles. The minimum Gasteiger partial charge on any atom is -0.336 e. The third-order valence-corrected chi connectivity index (χ3v) is 6.17. The smallest absolute Gasteiger partial charge is 0.131 e. The number of imidazole rings is 1. The van der Waals surface area contributed by atoms with Crippen molar-refractivity contribution >= 4 is 23.1 Å². The van der Waals surface area contributed by atoms with Crippen LogP contribution in [-0.4, -0.2) is 27.1 Å². The van der Waals surface area contributed by atoms with Crippen LogP contribution in [0.2, 0.25) is 0 Å². The standard InChI is InChI=1S/C14H19N3S2/c1-17-8-7-15-13(17)12(11-4-3-9-19-11)16-10-14(18-2)5-6-14/h3-4,7-9,12,16H,5-6,10H2,1-2H3. The predicted molar refractivity (Wildman–Crippen MR) is 82.9 cm³/mol. The Hall–Kier alpha value is -0.780. The number of thiophene rings is 1. The fourth-order valence-corrected chi connectivity index (χ4v) is 3.84. The lowest BCUT2D eigenvalue weighted by molar-refractivity contribution is 0.556. The lowest BCUT2D eigenvalue weighted by Gasteiger charge is -2.21. The lowest BCUT2D eigenvalue weighted by atomic mass is 10.2. The van der Waals surface area contributed by atoms with Crippen molar-refractivity contribution in [2.75, 3.05) is 12.8 Å². The molecule has 2 aromatic rings. The van der Waals surface area contributed by atoms with Crippen LogP contribution in [0.1, 0.15) is 29.6 Å². The molecule has 102 valence electrons. The molecule has 5 heteroatoms. The molecule has 1 fully saturated rings. The van der Waals surface area contributed by atoms with E-state index in [2.05, 4.69) is 45.7 Å². The molecule has 0 spiro atoms. The predicted octanol–water partition coefficient (Wildman–Crippen LogP) is 3.06. The number of hydrogen-bond donors (Lipinski definition) is 1. The fourth-order valence-electron chi connectivity index (χ4n) is 2.31. The molecule has 0 radical (unpaired) electrons. The largest absolute Gasteiger partial charge is 0.336 e. The van der Waals surface area contributed by atoms with Gasteiger partial charge in [0.1, 0.15) is 11.9 Å². The van der Waals surface area contributed by atoms with Gasteiger partial charge in [-0.05, 0) is 30.5 Å². The zero-order valence-electron chi connectivity index (χ0n) is 11.3. The third kappa shape index (κ3) is 2.73. The first-order valence-corrected chi connectivity index (χ1v) is 8.64. The molecule has 1 unspecified atom stereocenters. The molecule has 3 nitrogen and oxygen atoms in total. The topological polar surface area (TPSA) is 29.9 Å². The zero-order chi connectivity index (χ0) is 13.3. The monoisotopic (exact) mass is 293 g/mol. The van der Waals surface area contributed by atoms with Gasteiger partial charge in [-0.15, -0.1) is 11.3 Å². The summed E-state index contributed by atoms with van der Waals surface area (Å²) in [6.07, 6.45) is 8.77. The van der Waals surface area contributed by atoms with Crippen molar-refractivity contribution in [2.24, 2.45) is 7.05 Å². The quantitative estimate of drug-likeness (QED) is 0.888. The van der Waals surface area contributed by atoms with Gasteiger partial charge in [-0.1, -0.05) is 6.07 Å². The molecule has 2 aromatic heterocycles. The number of nitrogens with one attached hydrogen (secondary N) is 1. The summed E-state index contributed by atoms with van der Waals surface area (Å²) in [4.78, 5) is 5.86. The van der Waals surface area contributed by atoms with Gasteiger partial charge in [0.15, 0.2) is 0 Å². The summed E-state index contributed by atoms with van der Waals surface area (Å²) in [6.45, 7) is 1.06. The average molecular weight is 293 g/mol. The molecule has 1 N–H and O–H groups in total. The summed E-state index contributed by atoms with van der Waals surface area (Å²) < 4.78 is 2.58. The van der Waals surface area contributed by atoms with Gasteiger partial charge < -0.3 is 9.88 Å². The van der Waals surface area contributed by atoms with Gasteiger partial charge in [-0.3, -0.25) is 0 Å². The maximum absolute atomic E-state index is 4.52. The van der Waals surface area contributed by atoms with E-state index in [1.54, 1.807) is 11.3 Å². The average Bonchev–Trinajstić information content (AvgIpc) is 2.81. The Balaban J connectivity index is 1.79. The fraction of sp³-hybridized carbons (Fsp3) is 0.500. The number of nitrogens with zero attached hydrogens (tertiary/aromatic N) is 2. The normalized spacial score (nSPS) is 18.4. The summed E-state index contributed by atoms with van der Waals surface area (Å²) in [7, 11) is 2.06. The molecule has 0 amide bonds. The van der Waals surface area contributed by atoms with E-state index in [1.165, 1.54) is 17.7 Å². The molecule has 0 bridgehead atoms. The van der Waals surface area contributed by atoms with Crippen molar-refractivity contribution in [1.82, 2.24) is 14.9 Å². The second-order valence-electron chi connectivity index (χ2n) is 5.11. The molecule has 0 aromatic carbocycles. The number of rotatable bonds is 6. The van der Waals surface area contributed by atoms with E-state index in [0.717, 1.165) is 12.4 Å². The van der Waals surface area contributed by atoms with Crippen LogP contribution in [0, 0.1) is 0 Å². The van der Waals surface area contributed by atoms with Crippen molar-refractivity contribution < 1.29 is 0 Å². The van der Waals surface area contributed by atoms with Gasteiger partial charge >= 0.3 is 0 Å². The second-order valence-corrected chi connectivity index (χ2v) is 7.37. The van der Waals surface area contributed by atoms with Gasteiger partial charge in [0, 0.05) is 35.6 Å². The van der Waals surface area contributed by atoms with E-state index in [1.807, 2.05) is 24.2 Å². The molecule has 1 aliphatic carbocycles. The van der Waals surface area contributed by atoms with E-state index in [-0.39, 0.29) is 6.04 Å². The first-order valence-electron chi connectivity index (χ1n) is 6.53. The summed E-state index contributed by atoms with van der Waals surface area (Å²) in [5.41, 5.74) is 0. The Bertz CT molecular complexity index is 529. The zero-order valence-corrected chi connectivity index (χ0v) is 12.9. The van der Waals surface area contributed by atoms with Crippen LogP contribution in [0.5, 0.6) is 0 Å². The van der Waals surface area contributed by atoms with E-state index < -0.39 is 0 Å². The number of aromatic nitrogens is 2. The van der Waals surface area contributed by atoms with Gasteiger partial charge in [0.25, 0.3) is 0 Å². The molecule has 19 heavy (non-hydrogen) atoms. The molecule has 1 atom stereocenters. The van der Waals surface area contributed by atoms with Crippen LogP contribution in [0.3, 0.4) is 0 Å². The van der Waals surface area contributed by atoms with Crippen LogP contribution >= 0.6 is 23.1 Å². The SMILES string of the molecule is CSC1(CNC(c2cccs2)c2nccn2C)CC1. The lowest BCUT2D eigenvalue weighted by Crippen LogP contribution is -2.31. The minimum absolute atomic E-state index is 0.213. The highest BCUT2D eigenvalue weighted by Crippen LogP contribution is 2.47. The maximum atomic E-state index is 4.52. The van der Waals surface area contributed by atoms with Crippen LogP contribution in [-0.2, 0) is 7.05 Å². The van der Waals surface area contributed by atoms with E-state index in [9.17, 15) is 0 Å². The Labute approximate surface area is 122 Å². The van der Waals surface area contributed by atoms with E-state index in [4.69, 9.17) is 0 Å². The number of thioether (sulfide) groups is 1. The molecule has 2 heterocycles. The third-order valence-electron chi connectivity index (χ3n) is 3.81. The molecular formula is C14H19N3S2. The number of aryl methyl sites for hydroxylation is 1. The van der Waals surface area contributed by atoms with Crippen molar-refractivity contribution in [1.29, 1.82) is 0 Å². The van der Waals surface area contributed by atoms with Gasteiger partial charge in [-0.2, -0.15) is 11.8 Å². The highest BCUT2D eigenvalue weighted by molar-refractivity contribution is 8.00. The van der Waals surface area contributed by atoms with Crippen molar-refractivity contribution in [3.05, 3.63) is 40.6 Å². The summed E-state index contributed by atoms with van der Waals surface area (Å²) in [6, 6.07) is 4.51. The van der Waals surface area contributed by atoms with E-state index in [0.29, 0.717) is 4.75 Å². The highest BCUT2D eigenvalue weighted by Gasteiger charge is 2.42. The Morgan fingerprint density at radius 2 is 2.42 bits per heavy atom. The number of hydrogen-bond acceptors (Lipinski definition) is 4. The Morgan fingerprint density at radius 1 is 1.58 bits per heavy atom. The maximum Gasteiger partial charge on any atom is 0.131 e. The van der Waals surface area contributed by atoms with Crippen molar-refractivity contribution in [3.8, 4) is 0 Å². The molecular weight excluding hydrogens is 274 g/mol. The highest BCUT2D eigenvalue weighted by atomic mass is 32.2. The van der Waals surface area contributed by atoms with Crippen molar-refractivity contribution in [2.45, 2.75) is 23.6 Å². The van der Waals surface area contributed by atoms with Crippen LogP contribution in [0.25, 0.3) is 0 Å². The molecule has 1 saturated carbocycles. The Morgan fingerprint density at radius 3 is 2.95 bits per heavy atom. The van der Waals surface area contributed by atoms with Gasteiger partial charge in [0.05, 0.1) is 0 Å². The summed E-state index contributed by atoms with van der Waals surface area (Å²) >= 11 is 3.79. The summed E-state index contributed by atoms with van der Waals surface area (Å²) in [5.74, 6) is 1.10. The molecule has 1 aliphatic rings. The first-order chi connectivity index (χ1) is 9.24. The van der Waals surface area contributed by atoms with E-state index >= 15 is 0 Å². The van der Waals surface area contributed by atoms with Crippen LogP contribution in [0.15, 0.2) is 29.9 Å². The first kappa shape index (κ1) is 13.2. The Kier molecular flexibility index (Phi) is 3.69. The molecule has 0 aliphatic heterocycles. The van der Waals surface area contributed by atoms with Gasteiger partial charge in [-0.25, -0.2) is 4.98 Å². The van der Waals surface area contributed by atoms with Crippen molar-refractivity contribution in [3.63, 3.8) is 0 Å². The molecule has 3 rings (SSSR count).